The summed E-state index contributed by atoms with van der Waals surface area (Å²) in [6.45, 7) is 0.430. The largest absolute Gasteiger partial charge is 0.354 e. The number of rotatable bonds is 2. The summed E-state index contributed by atoms with van der Waals surface area (Å²) in [5, 5.41) is 5.27. The minimum absolute atomic E-state index is 0.0810. The molecule has 16 heavy (non-hydrogen) atoms. The molecule has 1 aliphatic heterocycles. The first-order valence-electron chi connectivity index (χ1n) is 4.84. The van der Waals surface area contributed by atoms with Crippen LogP contribution in [0.4, 0.5) is 4.39 Å². The third kappa shape index (κ3) is 2.33. The molecule has 1 aromatic rings. The highest BCUT2D eigenvalue weighted by molar-refractivity contribution is 5.94. The lowest BCUT2D eigenvalue weighted by molar-refractivity contribution is -0.119. The fraction of sp³-hybridized carbons (Fsp3) is 0.300. The molecule has 5 nitrogen and oxygen atoms in total. The van der Waals surface area contributed by atoms with Crippen molar-refractivity contribution < 1.29 is 14.0 Å². The van der Waals surface area contributed by atoms with Crippen LogP contribution in [0.2, 0.25) is 0 Å². The second kappa shape index (κ2) is 4.26. The van der Waals surface area contributed by atoms with E-state index < -0.39 is 5.95 Å². The molecule has 2 heterocycles. The van der Waals surface area contributed by atoms with E-state index in [0.717, 1.165) is 12.3 Å². The Morgan fingerprint density at radius 2 is 2.38 bits per heavy atom. The molecule has 1 atom stereocenters. The molecule has 1 saturated heterocycles. The number of nitrogens with zero attached hydrogens (tertiary/aromatic N) is 1. The van der Waals surface area contributed by atoms with Crippen LogP contribution in [0.5, 0.6) is 0 Å². The van der Waals surface area contributed by atoms with Crippen molar-refractivity contribution in [2.75, 3.05) is 6.54 Å². The Morgan fingerprint density at radius 1 is 1.56 bits per heavy atom. The number of halogens is 1. The number of hydrogen-bond donors (Lipinski definition) is 2. The molecule has 2 rings (SSSR count). The highest BCUT2D eigenvalue weighted by Gasteiger charge is 2.23. The van der Waals surface area contributed by atoms with Crippen molar-refractivity contribution in [3.05, 3.63) is 29.8 Å². The van der Waals surface area contributed by atoms with E-state index >= 15 is 0 Å². The molecule has 1 aliphatic rings. The smallest absolute Gasteiger partial charge is 0.253 e. The summed E-state index contributed by atoms with van der Waals surface area (Å²) in [6.07, 6.45) is 1.44. The molecule has 2 N–H and O–H groups in total. The third-order valence-corrected chi connectivity index (χ3v) is 2.30. The minimum Gasteiger partial charge on any atom is -0.354 e. The quantitative estimate of drug-likeness (QED) is 0.684. The molecule has 2 amide bonds. The average Bonchev–Trinajstić information content (AvgIpc) is 2.65. The third-order valence-electron chi connectivity index (χ3n) is 2.30. The lowest BCUT2D eigenvalue weighted by Crippen LogP contribution is -2.36. The Balaban J connectivity index is 1.98. The summed E-state index contributed by atoms with van der Waals surface area (Å²) in [4.78, 5) is 25.9. The molecule has 6 heteroatoms. The first kappa shape index (κ1) is 10.5. The van der Waals surface area contributed by atoms with Gasteiger partial charge >= 0.3 is 0 Å². The minimum atomic E-state index is -0.630. The monoisotopic (exact) mass is 223 g/mol. The molecular weight excluding hydrogens is 213 g/mol. The van der Waals surface area contributed by atoms with Crippen molar-refractivity contribution in [1.82, 2.24) is 15.6 Å². The summed E-state index contributed by atoms with van der Waals surface area (Å²) in [7, 11) is 0. The van der Waals surface area contributed by atoms with E-state index in [4.69, 9.17) is 0 Å². The van der Waals surface area contributed by atoms with Gasteiger partial charge in [0.15, 0.2) is 0 Å². The van der Waals surface area contributed by atoms with Gasteiger partial charge in [0, 0.05) is 19.2 Å². The zero-order valence-corrected chi connectivity index (χ0v) is 8.37. The molecule has 0 radical (unpaired) electrons. The average molecular weight is 223 g/mol. The number of pyridine rings is 1. The van der Waals surface area contributed by atoms with Gasteiger partial charge in [-0.05, 0) is 12.1 Å². The highest BCUT2D eigenvalue weighted by Crippen LogP contribution is 2.03. The van der Waals surface area contributed by atoms with E-state index in [-0.39, 0.29) is 29.8 Å². The van der Waals surface area contributed by atoms with Gasteiger partial charge in [-0.2, -0.15) is 4.39 Å². The Morgan fingerprint density at radius 3 is 2.94 bits per heavy atom. The summed E-state index contributed by atoms with van der Waals surface area (Å²) in [5.74, 6) is -1.06. The van der Waals surface area contributed by atoms with Gasteiger partial charge < -0.3 is 10.6 Å². The highest BCUT2D eigenvalue weighted by atomic mass is 19.1. The Bertz CT molecular complexity index is 419. The SMILES string of the molecule is O=C1CC(NC(=O)c2ccc(F)nc2)CN1. The van der Waals surface area contributed by atoms with Gasteiger partial charge in [0.2, 0.25) is 11.9 Å². The predicted molar refractivity (Wildman–Crippen MR) is 53.1 cm³/mol. The van der Waals surface area contributed by atoms with Gasteiger partial charge in [0.05, 0.1) is 11.6 Å². The van der Waals surface area contributed by atoms with Crippen LogP contribution < -0.4 is 10.6 Å². The van der Waals surface area contributed by atoms with Crippen LogP contribution in [0.1, 0.15) is 16.8 Å². The maximum Gasteiger partial charge on any atom is 0.253 e. The van der Waals surface area contributed by atoms with E-state index in [1.54, 1.807) is 0 Å². The summed E-state index contributed by atoms with van der Waals surface area (Å²) in [6, 6.07) is 2.26. The number of carbonyl (C=O) groups is 2. The summed E-state index contributed by atoms with van der Waals surface area (Å²) in [5.41, 5.74) is 0.278. The lowest BCUT2D eigenvalue weighted by atomic mass is 10.2. The molecule has 1 fully saturated rings. The van der Waals surface area contributed by atoms with Crippen molar-refractivity contribution >= 4 is 11.8 Å². The van der Waals surface area contributed by atoms with Crippen molar-refractivity contribution in [3.63, 3.8) is 0 Å². The van der Waals surface area contributed by atoms with E-state index in [0.29, 0.717) is 6.54 Å². The van der Waals surface area contributed by atoms with Gasteiger partial charge in [-0.25, -0.2) is 4.98 Å². The van der Waals surface area contributed by atoms with Gasteiger partial charge in [-0.1, -0.05) is 0 Å². The van der Waals surface area contributed by atoms with Crippen LogP contribution in [-0.2, 0) is 4.79 Å². The van der Waals surface area contributed by atoms with E-state index in [1.807, 2.05) is 0 Å². The van der Waals surface area contributed by atoms with E-state index in [9.17, 15) is 14.0 Å². The van der Waals surface area contributed by atoms with Crippen LogP contribution in [0.25, 0.3) is 0 Å². The molecule has 0 spiro atoms. The van der Waals surface area contributed by atoms with Gasteiger partial charge in [0.1, 0.15) is 0 Å². The summed E-state index contributed by atoms with van der Waals surface area (Å²) < 4.78 is 12.5. The van der Waals surface area contributed by atoms with Crippen LogP contribution in [0, 0.1) is 5.95 Å². The van der Waals surface area contributed by atoms with Gasteiger partial charge in [-0.15, -0.1) is 0 Å². The second-order valence-electron chi connectivity index (χ2n) is 3.55. The topological polar surface area (TPSA) is 71.1 Å². The second-order valence-corrected chi connectivity index (χ2v) is 3.55. The molecule has 0 bridgehead atoms. The number of aromatic nitrogens is 1. The number of amides is 2. The molecule has 0 aromatic carbocycles. The maximum atomic E-state index is 12.5. The van der Waals surface area contributed by atoms with Crippen LogP contribution >= 0.6 is 0 Å². The van der Waals surface area contributed by atoms with Crippen molar-refractivity contribution in [3.8, 4) is 0 Å². The van der Waals surface area contributed by atoms with Gasteiger partial charge in [-0.3, -0.25) is 9.59 Å². The van der Waals surface area contributed by atoms with Crippen molar-refractivity contribution in [2.24, 2.45) is 0 Å². The molecule has 0 aliphatic carbocycles. The first-order chi connectivity index (χ1) is 7.65. The van der Waals surface area contributed by atoms with Crippen LogP contribution in [0.15, 0.2) is 18.3 Å². The summed E-state index contributed by atoms with van der Waals surface area (Å²) >= 11 is 0. The molecule has 1 aromatic heterocycles. The fourth-order valence-electron chi connectivity index (χ4n) is 1.49. The van der Waals surface area contributed by atoms with Crippen molar-refractivity contribution in [1.29, 1.82) is 0 Å². The predicted octanol–water partition coefficient (Wildman–Crippen LogP) is -0.161. The van der Waals surface area contributed by atoms with Crippen LogP contribution in [-0.4, -0.2) is 29.4 Å². The maximum absolute atomic E-state index is 12.5. The van der Waals surface area contributed by atoms with Gasteiger partial charge in [0.25, 0.3) is 5.91 Å². The van der Waals surface area contributed by atoms with E-state index in [1.165, 1.54) is 6.07 Å². The lowest BCUT2D eigenvalue weighted by Gasteiger charge is -2.09. The number of nitrogens with one attached hydrogen (secondary N) is 2. The Hall–Kier alpha value is -1.98. The molecule has 84 valence electrons. The Labute approximate surface area is 91.1 Å². The van der Waals surface area contributed by atoms with Crippen molar-refractivity contribution in [2.45, 2.75) is 12.5 Å². The standard InChI is InChI=1S/C10H10FN3O2/c11-8-2-1-6(4-12-8)10(16)14-7-3-9(15)13-5-7/h1-2,4,7H,3,5H2,(H,13,15)(H,14,16). The molecular formula is C10H10FN3O2. The normalized spacial score (nSPS) is 19.3. The first-order valence-corrected chi connectivity index (χ1v) is 4.84. The molecule has 1 unspecified atom stereocenters. The zero-order chi connectivity index (χ0) is 11.5. The van der Waals surface area contributed by atoms with E-state index in [2.05, 4.69) is 15.6 Å². The fourth-order valence-corrected chi connectivity index (χ4v) is 1.49. The Kier molecular flexibility index (Phi) is 2.80. The molecule has 0 saturated carbocycles. The van der Waals surface area contributed by atoms with Crippen LogP contribution in [0.3, 0.4) is 0 Å². The number of carbonyl (C=O) groups excluding carboxylic acids is 2. The zero-order valence-electron chi connectivity index (χ0n) is 8.37. The number of hydrogen-bond acceptors (Lipinski definition) is 3.